The molecule has 0 amide bonds. The first-order valence-corrected chi connectivity index (χ1v) is 13.9. The van der Waals surface area contributed by atoms with Gasteiger partial charge in [-0.25, -0.2) is 5.84 Å². The van der Waals surface area contributed by atoms with Crippen molar-refractivity contribution in [1.82, 2.24) is 5.43 Å². The lowest BCUT2D eigenvalue weighted by Gasteiger charge is -2.18. The summed E-state index contributed by atoms with van der Waals surface area (Å²) in [6, 6.07) is 44.9. The molecule has 0 spiro atoms. The fourth-order valence-electron chi connectivity index (χ4n) is 5.53. The van der Waals surface area contributed by atoms with Crippen LogP contribution < -0.4 is 11.3 Å². The van der Waals surface area contributed by atoms with Gasteiger partial charge in [0, 0.05) is 27.4 Å². The molecule has 1 atom stereocenters. The van der Waals surface area contributed by atoms with Crippen LogP contribution in [-0.4, -0.2) is 5.84 Å². The SMILES string of the molecule is NN/C(=N\C(c1ccc2ccccc2c1)c1cccc2oc3cc(Cl)ccc3c12)c1ccc(-c2ccccc2)cc1. The minimum Gasteiger partial charge on any atom is -0.456 e. The molecule has 0 aliphatic rings. The number of halogens is 1. The Morgan fingerprint density at radius 3 is 2.24 bits per heavy atom. The van der Waals surface area contributed by atoms with Crippen LogP contribution in [0.25, 0.3) is 43.8 Å². The van der Waals surface area contributed by atoms with Crippen molar-refractivity contribution in [2.75, 3.05) is 0 Å². The molecular formula is C36H26ClN3O. The molecule has 0 aliphatic carbocycles. The Morgan fingerprint density at radius 2 is 1.44 bits per heavy atom. The van der Waals surface area contributed by atoms with Gasteiger partial charge >= 0.3 is 0 Å². The third kappa shape index (κ3) is 4.74. The van der Waals surface area contributed by atoms with Gasteiger partial charge in [-0.05, 0) is 57.3 Å². The minimum atomic E-state index is -0.361. The predicted molar refractivity (Wildman–Crippen MR) is 170 cm³/mol. The lowest BCUT2D eigenvalue weighted by molar-refractivity contribution is 0.668. The maximum absolute atomic E-state index is 6.30. The zero-order valence-electron chi connectivity index (χ0n) is 22.1. The maximum atomic E-state index is 6.30. The van der Waals surface area contributed by atoms with Gasteiger partial charge in [-0.3, -0.25) is 4.99 Å². The molecule has 0 bridgehead atoms. The van der Waals surface area contributed by atoms with E-state index in [1.165, 1.54) is 5.39 Å². The third-order valence-corrected chi connectivity index (χ3v) is 7.77. The Labute approximate surface area is 242 Å². The van der Waals surface area contributed by atoms with Crippen molar-refractivity contribution in [2.45, 2.75) is 6.04 Å². The van der Waals surface area contributed by atoms with Crippen LogP contribution in [0.3, 0.4) is 0 Å². The van der Waals surface area contributed by atoms with Crippen molar-refractivity contribution in [3.8, 4) is 11.1 Å². The van der Waals surface area contributed by atoms with E-state index in [2.05, 4.69) is 78.2 Å². The second kappa shape index (κ2) is 10.6. The van der Waals surface area contributed by atoms with Crippen LogP contribution in [-0.2, 0) is 0 Å². The molecule has 6 aromatic carbocycles. The molecule has 41 heavy (non-hydrogen) atoms. The summed E-state index contributed by atoms with van der Waals surface area (Å²) in [5, 5.41) is 4.97. The van der Waals surface area contributed by atoms with Crippen LogP contribution in [0.1, 0.15) is 22.7 Å². The number of hydrazine groups is 1. The molecule has 3 N–H and O–H groups in total. The van der Waals surface area contributed by atoms with Crippen molar-refractivity contribution in [3.05, 3.63) is 155 Å². The Kier molecular flexibility index (Phi) is 6.48. The summed E-state index contributed by atoms with van der Waals surface area (Å²) in [7, 11) is 0. The van der Waals surface area contributed by atoms with Gasteiger partial charge < -0.3 is 9.84 Å². The summed E-state index contributed by atoms with van der Waals surface area (Å²) in [6.45, 7) is 0. The van der Waals surface area contributed by atoms with E-state index >= 15 is 0 Å². The smallest absolute Gasteiger partial charge is 0.143 e. The highest BCUT2D eigenvalue weighted by atomic mass is 35.5. The van der Waals surface area contributed by atoms with Crippen molar-refractivity contribution < 1.29 is 4.42 Å². The van der Waals surface area contributed by atoms with Crippen LogP contribution >= 0.6 is 11.6 Å². The molecule has 1 aromatic heterocycles. The molecule has 0 saturated heterocycles. The average molecular weight is 552 g/mol. The van der Waals surface area contributed by atoms with E-state index in [-0.39, 0.29) is 6.04 Å². The zero-order chi connectivity index (χ0) is 27.8. The fraction of sp³-hybridized carbons (Fsp3) is 0.0278. The molecule has 5 heteroatoms. The molecule has 7 rings (SSSR count). The van der Waals surface area contributed by atoms with Gasteiger partial charge in [0.05, 0.1) is 0 Å². The number of hydrogen-bond donors (Lipinski definition) is 2. The molecule has 0 radical (unpaired) electrons. The Morgan fingerprint density at radius 1 is 0.683 bits per heavy atom. The molecule has 0 aliphatic heterocycles. The van der Waals surface area contributed by atoms with Gasteiger partial charge in [0.2, 0.25) is 0 Å². The standard InChI is InChI=1S/C36H26ClN3O/c37-29-19-20-30-33(22-29)41-32-12-6-11-31(34(30)32)35(28-18-15-24-9-4-5-10-27(24)21-28)39-36(40-38)26-16-13-25(14-17-26)23-7-2-1-3-8-23/h1-22,35H,38H2,(H,39,40). The highest BCUT2D eigenvalue weighted by Gasteiger charge is 2.21. The van der Waals surface area contributed by atoms with Crippen LogP contribution in [0, 0.1) is 0 Å². The first-order valence-electron chi connectivity index (χ1n) is 13.5. The lowest BCUT2D eigenvalue weighted by Crippen LogP contribution is -2.31. The summed E-state index contributed by atoms with van der Waals surface area (Å²) >= 11 is 6.30. The van der Waals surface area contributed by atoms with Crippen molar-refractivity contribution >= 4 is 50.1 Å². The molecular weight excluding hydrogens is 526 g/mol. The van der Waals surface area contributed by atoms with E-state index in [0.717, 1.165) is 55.1 Å². The molecule has 0 saturated carbocycles. The number of benzene rings is 6. The number of amidine groups is 1. The van der Waals surface area contributed by atoms with Gasteiger partial charge in [-0.1, -0.05) is 115 Å². The summed E-state index contributed by atoms with van der Waals surface area (Å²) in [5.74, 6) is 6.73. The van der Waals surface area contributed by atoms with E-state index in [0.29, 0.717) is 10.9 Å². The van der Waals surface area contributed by atoms with Crippen LogP contribution in [0.15, 0.2) is 143 Å². The summed E-state index contributed by atoms with van der Waals surface area (Å²) in [5.41, 5.74) is 9.67. The Balaban J connectivity index is 1.41. The minimum absolute atomic E-state index is 0.361. The summed E-state index contributed by atoms with van der Waals surface area (Å²) < 4.78 is 6.23. The average Bonchev–Trinajstić information content (AvgIpc) is 3.40. The number of nitrogens with zero attached hydrogens (tertiary/aromatic N) is 1. The van der Waals surface area contributed by atoms with E-state index in [1.54, 1.807) is 0 Å². The van der Waals surface area contributed by atoms with Crippen LogP contribution in [0.4, 0.5) is 0 Å². The van der Waals surface area contributed by atoms with Crippen molar-refractivity contribution in [3.63, 3.8) is 0 Å². The van der Waals surface area contributed by atoms with E-state index < -0.39 is 0 Å². The largest absolute Gasteiger partial charge is 0.456 e. The van der Waals surface area contributed by atoms with Gasteiger partial charge in [0.1, 0.15) is 23.0 Å². The predicted octanol–water partition coefficient (Wildman–Crippen LogP) is 9.06. The quantitative estimate of drug-likeness (QED) is 0.0970. The first-order chi connectivity index (χ1) is 20.2. The van der Waals surface area contributed by atoms with E-state index in [9.17, 15) is 0 Å². The highest BCUT2D eigenvalue weighted by Crippen LogP contribution is 2.39. The molecule has 4 nitrogen and oxygen atoms in total. The van der Waals surface area contributed by atoms with Gasteiger partial charge in [-0.2, -0.15) is 0 Å². The third-order valence-electron chi connectivity index (χ3n) is 7.54. The zero-order valence-corrected chi connectivity index (χ0v) is 22.8. The molecule has 0 fully saturated rings. The number of fused-ring (bicyclic) bond motifs is 4. The number of nitrogens with two attached hydrogens (primary N) is 1. The lowest BCUT2D eigenvalue weighted by atomic mass is 9.93. The van der Waals surface area contributed by atoms with Crippen LogP contribution in [0.5, 0.6) is 0 Å². The van der Waals surface area contributed by atoms with Crippen molar-refractivity contribution in [1.29, 1.82) is 0 Å². The molecule has 1 unspecified atom stereocenters. The summed E-state index contributed by atoms with van der Waals surface area (Å²) in [4.78, 5) is 5.28. The second-order valence-electron chi connectivity index (χ2n) is 10.0. The Hall–Kier alpha value is -4.90. The van der Waals surface area contributed by atoms with Gasteiger partial charge in [0.25, 0.3) is 0 Å². The van der Waals surface area contributed by atoms with Gasteiger partial charge in [0.15, 0.2) is 0 Å². The summed E-state index contributed by atoms with van der Waals surface area (Å²) in [6.07, 6.45) is 0. The van der Waals surface area contributed by atoms with E-state index in [4.69, 9.17) is 26.9 Å². The number of nitrogens with one attached hydrogen (secondary N) is 1. The first kappa shape index (κ1) is 25.1. The normalized spacial score (nSPS) is 12.7. The molecule has 7 aromatic rings. The van der Waals surface area contributed by atoms with E-state index in [1.807, 2.05) is 60.7 Å². The maximum Gasteiger partial charge on any atom is 0.143 e. The molecule has 1 heterocycles. The fourth-order valence-corrected chi connectivity index (χ4v) is 5.69. The van der Waals surface area contributed by atoms with Gasteiger partial charge in [-0.15, -0.1) is 0 Å². The topological polar surface area (TPSA) is 63.5 Å². The highest BCUT2D eigenvalue weighted by molar-refractivity contribution is 6.31. The number of rotatable bonds is 5. The van der Waals surface area contributed by atoms with Crippen LogP contribution in [0.2, 0.25) is 5.02 Å². The second-order valence-corrected chi connectivity index (χ2v) is 10.5. The monoisotopic (exact) mass is 551 g/mol. The van der Waals surface area contributed by atoms with Crippen molar-refractivity contribution in [2.24, 2.45) is 10.8 Å². The number of aliphatic imine (C=N–C) groups is 1. The Bertz CT molecular complexity index is 2050. The number of hydrogen-bond acceptors (Lipinski definition) is 3. The molecule has 198 valence electrons. The number of furan rings is 1.